The van der Waals surface area contributed by atoms with E-state index in [1.54, 1.807) is 34.1 Å². The van der Waals surface area contributed by atoms with Crippen LogP contribution in [-0.4, -0.2) is 43.0 Å². The first-order chi connectivity index (χ1) is 9.97. The highest BCUT2D eigenvalue weighted by molar-refractivity contribution is 6.30. The van der Waals surface area contributed by atoms with Crippen LogP contribution in [0.15, 0.2) is 24.3 Å². The third kappa shape index (κ3) is 4.19. The van der Waals surface area contributed by atoms with Gasteiger partial charge in [0, 0.05) is 16.6 Å². The molecule has 1 saturated heterocycles. The second-order valence-corrected chi connectivity index (χ2v) is 6.09. The average Bonchev–Trinajstić information content (AvgIpc) is 2.81. The molecule has 0 saturated carbocycles. The number of hydrogen-bond donors (Lipinski definition) is 1. The van der Waals surface area contributed by atoms with Crippen molar-refractivity contribution in [2.75, 3.05) is 31.2 Å². The van der Waals surface area contributed by atoms with Crippen LogP contribution in [0.25, 0.3) is 0 Å². The molecule has 1 aliphatic heterocycles. The molecule has 2 rings (SSSR count). The molecule has 2 amide bonds. The minimum Gasteiger partial charge on any atom is -0.338 e. The van der Waals surface area contributed by atoms with Crippen molar-refractivity contribution in [1.29, 1.82) is 0 Å². The van der Waals surface area contributed by atoms with Crippen molar-refractivity contribution in [3.63, 3.8) is 0 Å². The Morgan fingerprint density at radius 1 is 1.33 bits per heavy atom. The summed E-state index contributed by atoms with van der Waals surface area (Å²) in [6, 6.07) is 7.06. The highest BCUT2D eigenvalue weighted by Gasteiger charge is 2.32. The zero-order valence-corrected chi connectivity index (χ0v) is 13.1. The maximum Gasteiger partial charge on any atom is 0.279 e. The minimum absolute atomic E-state index is 0.000429. The van der Waals surface area contributed by atoms with Crippen molar-refractivity contribution in [3.05, 3.63) is 29.3 Å². The van der Waals surface area contributed by atoms with Gasteiger partial charge in [0.05, 0.1) is 6.54 Å². The van der Waals surface area contributed by atoms with Gasteiger partial charge >= 0.3 is 0 Å². The van der Waals surface area contributed by atoms with Crippen molar-refractivity contribution in [3.8, 4) is 0 Å². The number of carbonyl (C=O) groups excluding carboxylic acids is 2. The summed E-state index contributed by atoms with van der Waals surface area (Å²) in [6.45, 7) is 5.99. The lowest BCUT2D eigenvalue weighted by molar-refractivity contribution is -0.649. The zero-order valence-electron chi connectivity index (χ0n) is 12.4. The Morgan fingerprint density at radius 3 is 2.62 bits per heavy atom. The Morgan fingerprint density at radius 2 is 2.00 bits per heavy atom. The van der Waals surface area contributed by atoms with E-state index in [1.807, 2.05) is 5.32 Å². The van der Waals surface area contributed by atoms with E-state index in [1.165, 1.54) is 0 Å². The summed E-state index contributed by atoms with van der Waals surface area (Å²) in [5.41, 5.74) is 0.769. The van der Waals surface area contributed by atoms with Crippen LogP contribution < -0.4 is 10.2 Å². The van der Waals surface area contributed by atoms with E-state index in [0.29, 0.717) is 24.2 Å². The topological polar surface area (TPSA) is 57.2 Å². The molecule has 2 N–H and O–H groups in total. The van der Waals surface area contributed by atoms with Crippen molar-refractivity contribution < 1.29 is 14.9 Å². The summed E-state index contributed by atoms with van der Waals surface area (Å²) >= 11 is 5.84. The van der Waals surface area contributed by atoms with Gasteiger partial charge in [-0.05, 0) is 24.3 Å². The van der Waals surface area contributed by atoms with Gasteiger partial charge in [-0.25, -0.2) is 0 Å². The van der Waals surface area contributed by atoms with Crippen molar-refractivity contribution in [2.45, 2.75) is 13.8 Å². The molecule has 0 bridgehead atoms. The standard InChI is InChI=1S/C15H20ClN3O2/c1-11(2)7-17-8-14(20)18-9-15(21)19(10-18)13-5-3-12(16)4-6-13/h3-6,11,17H,7-10H2,1-2H3/p+1. The van der Waals surface area contributed by atoms with E-state index >= 15 is 0 Å². The van der Waals surface area contributed by atoms with Gasteiger partial charge in [0.25, 0.3) is 5.91 Å². The van der Waals surface area contributed by atoms with E-state index in [0.717, 1.165) is 12.2 Å². The van der Waals surface area contributed by atoms with E-state index in [-0.39, 0.29) is 18.4 Å². The number of benzene rings is 1. The predicted molar refractivity (Wildman–Crippen MR) is 82.0 cm³/mol. The molecule has 114 valence electrons. The lowest BCUT2D eigenvalue weighted by atomic mass is 10.2. The first-order valence-corrected chi connectivity index (χ1v) is 7.50. The number of halogens is 1. The molecule has 5 nitrogen and oxygen atoms in total. The Labute approximate surface area is 129 Å². The molecule has 1 heterocycles. The second-order valence-electron chi connectivity index (χ2n) is 5.65. The third-order valence-corrected chi connectivity index (χ3v) is 3.64. The summed E-state index contributed by atoms with van der Waals surface area (Å²) in [5, 5.41) is 2.62. The summed E-state index contributed by atoms with van der Waals surface area (Å²) in [6.07, 6.45) is 0. The molecule has 0 aliphatic carbocycles. The van der Waals surface area contributed by atoms with Crippen LogP contribution in [0.4, 0.5) is 5.69 Å². The molecule has 1 aromatic carbocycles. The molecule has 1 aromatic rings. The van der Waals surface area contributed by atoms with Gasteiger partial charge in [-0.2, -0.15) is 0 Å². The average molecular weight is 311 g/mol. The predicted octanol–water partition coefficient (Wildman–Crippen LogP) is 0.692. The van der Waals surface area contributed by atoms with Gasteiger partial charge in [0.1, 0.15) is 13.2 Å². The SMILES string of the molecule is CC(C)C[NH2+]CC(=O)N1CC(=O)N(c2ccc(Cl)cc2)C1. The lowest BCUT2D eigenvalue weighted by Gasteiger charge is -2.18. The summed E-state index contributed by atoms with van der Waals surface area (Å²) in [4.78, 5) is 27.3. The maximum absolute atomic E-state index is 12.1. The fourth-order valence-corrected chi connectivity index (χ4v) is 2.36. The van der Waals surface area contributed by atoms with Crippen LogP contribution in [-0.2, 0) is 9.59 Å². The van der Waals surface area contributed by atoms with Crippen LogP contribution in [0, 0.1) is 5.92 Å². The lowest BCUT2D eigenvalue weighted by Crippen LogP contribution is -2.87. The summed E-state index contributed by atoms with van der Waals surface area (Å²) in [5.74, 6) is 0.485. The molecule has 6 heteroatoms. The van der Waals surface area contributed by atoms with Crippen LogP contribution in [0.3, 0.4) is 0 Å². The minimum atomic E-state index is -0.0606. The van der Waals surface area contributed by atoms with Crippen molar-refractivity contribution in [2.24, 2.45) is 5.92 Å². The van der Waals surface area contributed by atoms with E-state index in [9.17, 15) is 9.59 Å². The Kier molecular flexibility index (Phi) is 5.20. The quantitative estimate of drug-likeness (QED) is 0.870. The Balaban J connectivity index is 1.93. The smallest absolute Gasteiger partial charge is 0.279 e. The number of hydrogen-bond acceptors (Lipinski definition) is 2. The Bertz CT molecular complexity index is 516. The molecule has 1 fully saturated rings. The summed E-state index contributed by atoms with van der Waals surface area (Å²) in [7, 11) is 0. The van der Waals surface area contributed by atoms with Crippen molar-refractivity contribution in [1.82, 2.24) is 4.90 Å². The molecular weight excluding hydrogens is 290 g/mol. The number of carbonyl (C=O) groups is 2. The van der Waals surface area contributed by atoms with Crippen LogP contribution in [0.5, 0.6) is 0 Å². The monoisotopic (exact) mass is 310 g/mol. The normalized spacial score (nSPS) is 15.1. The summed E-state index contributed by atoms with van der Waals surface area (Å²) < 4.78 is 0. The van der Waals surface area contributed by atoms with Gasteiger partial charge in [-0.15, -0.1) is 0 Å². The fourth-order valence-electron chi connectivity index (χ4n) is 2.23. The van der Waals surface area contributed by atoms with Gasteiger partial charge < -0.3 is 10.2 Å². The van der Waals surface area contributed by atoms with Gasteiger partial charge in [-0.1, -0.05) is 25.4 Å². The van der Waals surface area contributed by atoms with Gasteiger partial charge in [0.15, 0.2) is 6.54 Å². The van der Waals surface area contributed by atoms with Crippen LogP contribution in [0.2, 0.25) is 5.02 Å². The van der Waals surface area contributed by atoms with Crippen molar-refractivity contribution >= 4 is 29.1 Å². The number of nitrogens with zero attached hydrogens (tertiary/aromatic N) is 2. The molecule has 21 heavy (non-hydrogen) atoms. The van der Waals surface area contributed by atoms with Gasteiger partial charge in [-0.3, -0.25) is 14.5 Å². The van der Waals surface area contributed by atoms with E-state index in [4.69, 9.17) is 11.6 Å². The molecule has 0 spiro atoms. The molecule has 0 unspecified atom stereocenters. The number of rotatable bonds is 5. The van der Waals surface area contributed by atoms with Crippen LogP contribution in [0.1, 0.15) is 13.8 Å². The molecule has 0 atom stereocenters. The number of amides is 2. The fraction of sp³-hybridized carbons (Fsp3) is 0.467. The highest BCUT2D eigenvalue weighted by Crippen LogP contribution is 2.21. The van der Waals surface area contributed by atoms with E-state index in [2.05, 4.69) is 13.8 Å². The highest BCUT2D eigenvalue weighted by atomic mass is 35.5. The molecule has 1 aliphatic rings. The molecule has 0 aromatic heterocycles. The maximum atomic E-state index is 12.1. The van der Waals surface area contributed by atoms with Gasteiger partial charge in [0.2, 0.25) is 5.91 Å². The Hall–Kier alpha value is -1.59. The van der Waals surface area contributed by atoms with E-state index < -0.39 is 0 Å². The molecule has 0 radical (unpaired) electrons. The first-order valence-electron chi connectivity index (χ1n) is 7.12. The number of anilines is 1. The zero-order chi connectivity index (χ0) is 15.4. The first kappa shape index (κ1) is 15.8. The third-order valence-electron chi connectivity index (χ3n) is 3.39. The number of nitrogens with two attached hydrogens (primary N) is 1. The molecular formula is C15H21ClN3O2+. The second kappa shape index (κ2) is 6.91. The number of quaternary nitrogens is 1. The largest absolute Gasteiger partial charge is 0.338 e. The van der Waals surface area contributed by atoms with Crippen LogP contribution >= 0.6 is 11.6 Å².